The number of hydrogen-bond donors (Lipinski definition) is 1. The van der Waals surface area contributed by atoms with E-state index in [1.165, 1.54) is 0 Å². The Labute approximate surface area is 161 Å². The van der Waals surface area contributed by atoms with Crippen LogP contribution in [0.15, 0.2) is 18.2 Å². The van der Waals surface area contributed by atoms with Gasteiger partial charge in [0, 0.05) is 16.3 Å². The van der Waals surface area contributed by atoms with Gasteiger partial charge in [0.1, 0.15) is 5.75 Å². The quantitative estimate of drug-likeness (QED) is 0.649. The van der Waals surface area contributed by atoms with Gasteiger partial charge in [0.25, 0.3) is 5.88 Å². The summed E-state index contributed by atoms with van der Waals surface area (Å²) in [5.74, 6) is 1.69. The Morgan fingerprint density at radius 1 is 1.04 bits per heavy atom. The molecule has 5 heteroatoms. The van der Waals surface area contributed by atoms with Crippen LogP contribution in [0.4, 0.5) is 0 Å². The maximum atomic E-state index is 10.9. The molecule has 1 N–H and O–H groups in total. The summed E-state index contributed by atoms with van der Waals surface area (Å²) < 4.78 is 11.7. The summed E-state index contributed by atoms with van der Waals surface area (Å²) >= 11 is 6.11. The van der Waals surface area contributed by atoms with Crippen LogP contribution >= 0.6 is 11.6 Å². The number of aryl methyl sites for hydroxylation is 3. The van der Waals surface area contributed by atoms with E-state index < -0.39 is 6.10 Å². The van der Waals surface area contributed by atoms with E-state index in [9.17, 15) is 5.11 Å². The van der Waals surface area contributed by atoms with Crippen molar-refractivity contribution < 1.29 is 14.6 Å². The van der Waals surface area contributed by atoms with Gasteiger partial charge < -0.3 is 14.6 Å². The zero-order valence-corrected chi connectivity index (χ0v) is 17.1. The lowest BCUT2D eigenvalue weighted by Crippen LogP contribution is -2.13. The van der Waals surface area contributed by atoms with Gasteiger partial charge in [0.2, 0.25) is 0 Å². The van der Waals surface area contributed by atoms with Gasteiger partial charge in [-0.1, -0.05) is 38.3 Å². The van der Waals surface area contributed by atoms with Crippen molar-refractivity contribution >= 4 is 11.6 Å². The minimum Gasteiger partial charge on any atom is -0.491 e. The molecule has 0 aliphatic rings. The van der Waals surface area contributed by atoms with Crippen LogP contribution in [0, 0.1) is 26.7 Å². The maximum absolute atomic E-state index is 10.9. The Bertz CT molecular complexity index is 749. The molecule has 0 fully saturated rings. The Kier molecular flexibility index (Phi) is 6.90. The van der Waals surface area contributed by atoms with E-state index in [2.05, 4.69) is 18.8 Å². The highest BCUT2D eigenvalue weighted by molar-refractivity contribution is 6.30. The van der Waals surface area contributed by atoms with Crippen molar-refractivity contribution in [1.82, 2.24) is 4.98 Å². The Balaban J connectivity index is 2.53. The molecule has 0 saturated carbocycles. The molecule has 1 atom stereocenters. The molecule has 0 bridgehead atoms. The second kappa shape index (κ2) is 8.74. The fourth-order valence-corrected chi connectivity index (χ4v) is 3.62. The summed E-state index contributed by atoms with van der Waals surface area (Å²) in [7, 11) is 1.57. The summed E-state index contributed by atoms with van der Waals surface area (Å²) in [6, 6.07) is 5.58. The lowest BCUT2D eigenvalue weighted by molar-refractivity contribution is 0.0997. The van der Waals surface area contributed by atoms with Gasteiger partial charge >= 0.3 is 0 Å². The first kappa shape index (κ1) is 20.5. The molecule has 0 spiro atoms. The van der Waals surface area contributed by atoms with Gasteiger partial charge in [-0.25, -0.2) is 4.98 Å². The van der Waals surface area contributed by atoms with Crippen molar-refractivity contribution in [2.75, 3.05) is 7.11 Å². The van der Waals surface area contributed by atoms with Crippen molar-refractivity contribution in [3.8, 4) is 17.4 Å². The third kappa shape index (κ3) is 4.30. The summed E-state index contributed by atoms with van der Waals surface area (Å²) in [4.78, 5) is 4.51. The normalized spacial score (nSPS) is 12.3. The first-order chi connectivity index (χ1) is 12.3. The molecule has 0 amide bonds. The number of aromatic nitrogens is 1. The molecule has 4 nitrogen and oxygen atoms in total. The fraction of sp³-hybridized carbons (Fsp3) is 0.476. The van der Waals surface area contributed by atoms with Crippen LogP contribution in [-0.4, -0.2) is 17.2 Å². The highest BCUT2D eigenvalue weighted by atomic mass is 35.5. The maximum Gasteiger partial charge on any atom is 0.263 e. The molecule has 0 aliphatic heterocycles. The van der Waals surface area contributed by atoms with Crippen molar-refractivity contribution in [2.24, 2.45) is 5.92 Å². The van der Waals surface area contributed by atoms with Crippen molar-refractivity contribution in [3.63, 3.8) is 0 Å². The molecule has 1 heterocycles. The number of nitrogens with zero attached hydrogens (tertiary/aromatic N) is 1. The van der Waals surface area contributed by atoms with Crippen LogP contribution in [0.25, 0.3) is 0 Å². The number of rotatable bonds is 7. The Morgan fingerprint density at radius 2 is 1.62 bits per heavy atom. The molecule has 0 saturated heterocycles. The number of hydrogen-bond acceptors (Lipinski definition) is 4. The third-order valence-electron chi connectivity index (χ3n) is 4.74. The number of methoxy groups -OCH3 is 1. The summed E-state index contributed by atoms with van der Waals surface area (Å²) in [5.41, 5.74) is 3.32. The van der Waals surface area contributed by atoms with E-state index in [0.717, 1.165) is 29.7 Å². The molecule has 1 aromatic carbocycles. The first-order valence-corrected chi connectivity index (χ1v) is 9.38. The minimum atomic E-state index is -0.628. The van der Waals surface area contributed by atoms with Crippen molar-refractivity contribution in [2.45, 2.75) is 53.6 Å². The fourth-order valence-electron chi connectivity index (χ4n) is 3.30. The topological polar surface area (TPSA) is 51.6 Å². The van der Waals surface area contributed by atoms with E-state index in [0.29, 0.717) is 28.0 Å². The average Bonchev–Trinajstić information content (AvgIpc) is 2.58. The van der Waals surface area contributed by atoms with Gasteiger partial charge in [-0.3, -0.25) is 0 Å². The van der Waals surface area contributed by atoms with E-state index in [-0.39, 0.29) is 5.92 Å². The van der Waals surface area contributed by atoms with Crippen molar-refractivity contribution in [1.29, 1.82) is 0 Å². The van der Waals surface area contributed by atoms with Crippen LogP contribution in [0.5, 0.6) is 17.4 Å². The third-order valence-corrected chi connectivity index (χ3v) is 4.96. The number of aliphatic hydroxyl groups excluding tert-OH is 1. The Morgan fingerprint density at radius 3 is 2.12 bits per heavy atom. The number of pyridine rings is 1. The van der Waals surface area contributed by atoms with Crippen molar-refractivity contribution in [3.05, 3.63) is 45.6 Å². The van der Waals surface area contributed by atoms with E-state index in [1.807, 2.05) is 39.0 Å². The highest BCUT2D eigenvalue weighted by Gasteiger charge is 2.25. The molecule has 2 rings (SSSR count). The van der Waals surface area contributed by atoms with Gasteiger partial charge in [0.05, 0.1) is 13.2 Å². The number of halogens is 1. The van der Waals surface area contributed by atoms with Crippen LogP contribution in [-0.2, 0) is 0 Å². The van der Waals surface area contributed by atoms with Crippen LogP contribution in [0.2, 0.25) is 5.02 Å². The van der Waals surface area contributed by atoms with Gasteiger partial charge in [-0.15, -0.1) is 0 Å². The van der Waals surface area contributed by atoms with E-state index in [4.69, 9.17) is 21.1 Å². The predicted octanol–water partition coefficient (Wildman–Crippen LogP) is 5.93. The summed E-state index contributed by atoms with van der Waals surface area (Å²) in [5, 5.41) is 11.5. The number of ether oxygens (including phenoxy) is 2. The highest BCUT2D eigenvalue weighted by Crippen LogP contribution is 2.41. The monoisotopic (exact) mass is 377 g/mol. The van der Waals surface area contributed by atoms with Crippen LogP contribution in [0.3, 0.4) is 0 Å². The first-order valence-electron chi connectivity index (χ1n) is 9.00. The SMILES string of the molecule is CCC(CC)C(O)c1cc(C)nc(Oc2c(C)cc(Cl)cc2C)c1OC. The van der Waals surface area contributed by atoms with Crippen LogP contribution < -0.4 is 9.47 Å². The van der Waals surface area contributed by atoms with Gasteiger partial charge in [0.15, 0.2) is 5.75 Å². The average molecular weight is 378 g/mol. The number of aliphatic hydroxyl groups is 1. The lowest BCUT2D eigenvalue weighted by Gasteiger charge is -2.24. The van der Waals surface area contributed by atoms with E-state index >= 15 is 0 Å². The number of benzene rings is 1. The van der Waals surface area contributed by atoms with Gasteiger partial charge in [-0.2, -0.15) is 0 Å². The predicted molar refractivity (Wildman–Crippen MR) is 106 cm³/mol. The molecule has 1 aromatic heterocycles. The lowest BCUT2D eigenvalue weighted by atomic mass is 9.91. The summed E-state index contributed by atoms with van der Waals surface area (Å²) in [6.45, 7) is 9.93. The largest absolute Gasteiger partial charge is 0.491 e. The molecule has 0 radical (unpaired) electrons. The Hall–Kier alpha value is -1.78. The molecular weight excluding hydrogens is 350 g/mol. The standard InChI is InChI=1S/C21H28ClNO3/c1-7-15(8-2)18(24)17-11-14(5)23-21(20(17)25-6)26-19-12(3)9-16(22)10-13(19)4/h9-11,15,18,24H,7-8H2,1-6H3. The molecule has 2 aromatic rings. The molecule has 142 valence electrons. The molecule has 26 heavy (non-hydrogen) atoms. The van der Waals surface area contributed by atoms with E-state index in [1.54, 1.807) is 7.11 Å². The summed E-state index contributed by atoms with van der Waals surface area (Å²) in [6.07, 6.45) is 1.14. The second-order valence-corrected chi connectivity index (χ2v) is 7.12. The zero-order chi connectivity index (χ0) is 19.4. The van der Waals surface area contributed by atoms with Crippen LogP contribution in [0.1, 0.15) is 55.2 Å². The zero-order valence-electron chi connectivity index (χ0n) is 16.4. The molecule has 0 aliphatic carbocycles. The van der Waals surface area contributed by atoms with Gasteiger partial charge in [-0.05, 0) is 56.0 Å². The second-order valence-electron chi connectivity index (χ2n) is 6.68. The smallest absolute Gasteiger partial charge is 0.263 e. The minimum absolute atomic E-state index is 0.151. The molecular formula is C21H28ClNO3. The molecule has 1 unspecified atom stereocenters.